The highest BCUT2D eigenvalue weighted by Gasteiger charge is 2.82. The van der Waals surface area contributed by atoms with Gasteiger partial charge in [-0.05, 0) is 0 Å². The van der Waals surface area contributed by atoms with E-state index in [1.165, 1.54) is 0 Å². The van der Waals surface area contributed by atoms with E-state index in [9.17, 15) is 61.0 Å². The molecule has 0 aromatic carbocycles. The van der Waals surface area contributed by atoms with Gasteiger partial charge in [0.2, 0.25) is 0 Å². The summed E-state index contributed by atoms with van der Waals surface area (Å²) in [6.07, 6.45) is -11.8. The van der Waals surface area contributed by atoms with Gasteiger partial charge >= 0.3 is 45.4 Å². The van der Waals surface area contributed by atoms with Crippen LogP contribution >= 0.6 is 0 Å². The number of rotatable bonds is 10. The van der Waals surface area contributed by atoms with Gasteiger partial charge in [-0.1, -0.05) is 3.89 Å². The molecule has 7 nitrogen and oxygen atoms in total. The molecule has 0 bridgehead atoms. The summed E-state index contributed by atoms with van der Waals surface area (Å²) in [5, 5.41) is -5.44. The van der Waals surface area contributed by atoms with E-state index >= 15 is 0 Å². The lowest BCUT2D eigenvalue weighted by molar-refractivity contribution is -0.467. The number of carbonyl (C=O) groups is 1. The summed E-state index contributed by atoms with van der Waals surface area (Å²) in [5.41, 5.74) is 0. The van der Waals surface area contributed by atoms with Gasteiger partial charge in [-0.15, -0.1) is 0 Å². The quantitative estimate of drug-likeness (QED) is 0.341. The van der Waals surface area contributed by atoms with E-state index in [2.05, 4.69) is 18.9 Å². The number of hydrogen-bond acceptors (Lipinski definition) is 7. The van der Waals surface area contributed by atoms with Crippen LogP contribution in [-0.4, -0.2) is 69.3 Å². The maximum Gasteiger partial charge on any atom is 0.425 e. The van der Waals surface area contributed by atoms with Gasteiger partial charge in [0.15, 0.2) is 6.67 Å². The molecule has 1 heterocycles. The third-order valence-corrected chi connectivity index (χ3v) is 4.08. The van der Waals surface area contributed by atoms with Crippen molar-refractivity contribution in [3.05, 3.63) is 0 Å². The molecule has 1 aliphatic heterocycles. The summed E-state index contributed by atoms with van der Waals surface area (Å²) in [6, 6.07) is -3.05. The number of halogens is 11. The van der Waals surface area contributed by atoms with E-state index in [0.29, 0.717) is 0 Å². The summed E-state index contributed by atoms with van der Waals surface area (Å²) in [6.45, 7) is -8.41. The van der Waals surface area contributed by atoms with Crippen LogP contribution in [0.15, 0.2) is 0 Å². The van der Waals surface area contributed by atoms with Crippen molar-refractivity contribution in [2.24, 2.45) is 0 Å². The summed E-state index contributed by atoms with van der Waals surface area (Å²) >= 11 is 0. The van der Waals surface area contributed by atoms with E-state index in [1.807, 2.05) is 0 Å². The van der Waals surface area contributed by atoms with Gasteiger partial charge in [-0.2, -0.15) is 43.5 Å². The van der Waals surface area contributed by atoms with E-state index in [1.54, 1.807) is 0 Å². The SMILES string of the molecule is CC1(C(=O)F)OC(F)(COCC(F)(F)S(=O)(=O)F)C(F)(C(F)(F)OC(F)(F)CF)O1. The number of hydrogen-bond donors (Lipinski definition) is 0. The summed E-state index contributed by atoms with van der Waals surface area (Å²) in [7, 11) is -6.71. The van der Waals surface area contributed by atoms with Gasteiger partial charge in [0.1, 0.15) is 13.2 Å². The third-order valence-electron chi connectivity index (χ3n) is 3.25. The number of alkyl halides is 9. The molecule has 3 unspecified atom stereocenters. The van der Waals surface area contributed by atoms with Crippen LogP contribution in [0.4, 0.5) is 47.8 Å². The highest BCUT2D eigenvalue weighted by molar-refractivity contribution is 7.87. The van der Waals surface area contributed by atoms with Crippen molar-refractivity contribution in [2.75, 3.05) is 19.9 Å². The van der Waals surface area contributed by atoms with E-state index in [0.717, 1.165) is 0 Å². The first-order valence-electron chi connectivity index (χ1n) is 6.98. The van der Waals surface area contributed by atoms with Crippen molar-refractivity contribution in [3.63, 3.8) is 0 Å². The Morgan fingerprint density at radius 1 is 1.07 bits per heavy atom. The first kappa shape index (κ1) is 26.7. The molecule has 1 saturated heterocycles. The van der Waals surface area contributed by atoms with Crippen LogP contribution in [0.25, 0.3) is 0 Å². The minimum absolute atomic E-state index is 0.0605. The minimum Gasteiger partial charge on any atom is -0.368 e. The topological polar surface area (TPSA) is 88.1 Å². The number of carbonyl (C=O) groups excluding carboxylic acids is 1. The fraction of sp³-hybridized carbons (Fsp3) is 0.909. The van der Waals surface area contributed by atoms with Crippen molar-refractivity contribution in [1.82, 2.24) is 0 Å². The fourth-order valence-electron chi connectivity index (χ4n) is 1.87. The monoisotopic (exact) mass is 494 g/mol. The maximum absolute atomic E-state index is 14.7. The van der Waals surface area contributed by atoms with Crippen molar-refractivity contribution in [1.29, 1.82) is 0 Å². The van der Waals surface area contributed by atoms with E-state index in [4.69, 9.17) is 0 Å². The van der Waals surface area contributed by atoms with Gasteiger partial charge in [0.05, 0.1) is 0 Å². The molecule has 0 spiro atoms. The molecule has 3 atom stereocenters. The third kappa shape index (κ3) is 4.78. The second-order valence-corrected chi connectivity index (χ2v) is 7.18. The lowest BCUT2D eigenvalue weighted by atomic mass is 10.1. The lowest BCUT2D eigenvalue weighted by Gasteiger charge is -2.35. The molecule has 0 N–H and O–H groups in total. The molecule has 0 radical (unpaired) electrons. The average Bonchev–Trinajstić information content (AvgIpc) is 2.74. The van der Waals surface area contributed by atoms with Crippen LogP contribution in [0.2, 0.25) is 0 Å². The Bertz CT molecular complexity index is 777. The van der Waals surface area contributed by atoms with Gasteiger partial charge < -0.3 is 4.74 Å². The lowest BCUT2D eigenvalue weighted by Crippen LogP contribution is -2.62. The standard InChI is InChI=1S/C11H9F11O7S/c1-6(5(13)23)27-7(14,3-26-4-9(17,18)30(22,24)25)10(19,28-6)11(20,21)29-8(15,16)2-12/h2-4H2,1H3. The minimum atomic E-state index is -6.71. The second kappa shape index (κ2) is 7.68. The first-order valence-corrected chi connectivity index (χ1v) is 8.36. The highest BCUT2D eigenvalue weighted by Crippen LogP contribution is 2.56. The molecule has 1 fully saturated rings. The molecule has 0 aromatic rings. The van der Waals surface area contributed by atoms with Gasteiger partial charge in [-0.25, -0.2) is 13.5 Å². The van der Waals surface area contributed by atoms with Crippen LogP contribution in [0, 0.1) is 0 Å². The van der Waals surface area contributed by atoms with Crippen LogP contribution in [0.3, 0.4) is 0 Å². The van der Waals surface area contributed by atoms with Crippen molar-refractivity contribution >= 4 is 16.3 Å². The highest BCUT2D eigenvalue weighted by atomic mass is 32.3. The van der Waals surface area contributed by atoms with Crippen molar-refractivity contribution < 1.29 is 79.9 Å². The average molecular weight is 494 g/mol. The second-order valence-electron chi connectivity index (χ2n) is 5.71. The Morgan fingerprint density at radius 3 is 1.97 bits per heavy atom. The molecule has 1 aliphatic rings. The Hall–Kier alpha value is -1.31. The van der Waals surface area contributed by atoms with E-state index < -0.39 is 71.1 Å². The smallest absolute Gasteiger partial charge is 0.368 e. The summed E-state index contributed by atoms with van der Waals surface area (Å²) in [4.78, 5) is 10.7. The fourth-order valence-corrected chi connectivity index (χ4v) is 2.10. The molecule has 0 aliphatic carbocycles. The molecule has 1 rings (SSSR count). The largest absolute Gasteiger partial charge is 0.425 e. The van der Waals surface area contributed by atoms with Gasteiger partial charge in [0.25, 0.3) is 5.79 Å². The van der Waals surface area contributed by atoms with E-state index in [-0.39, 0.29) is 6.92 Å². The zero-order valence-electron chi connectivity index (χ0n) is 14.0. The Balaban J connectivity index is 3.31. The molecule has 0 saturated carbocycles. The zero-order chi connectivity index (χ0) is 24.0. The predicted molar refractivity (Wildman–Crippen MR) is 67.1 cm³/mol. The number of ether oxygens (including phenoxy) is 4. The molecule has 19 heteroatoms. The van der Waals surface area contributed by atoms with Gasteiger partial charge in [0, 0.05) is 6.92 Å². The normalized spacial score (nSPS) is 31.2. The maximum atomic E-state index is 14.7. The Morgan fingerprint density at radius 2 is 1.57 bits per heavy atom. The molecule has 0 amide bonds. The Kier molecular flexibility index (Phi) is 6.84. The first-order chi connectivity index (χ1) is 13.1. The van der Waals surface area contributed by atoms with Crippen LogP contribution in [0.5, 0.6) is 0 Å². The molecular weight excluding hydrogens is 485 g/mol. The van der Waals surface area contributed by atoms with Gasteiger partial charge in [-0.3, -0.25) is 14.3 Å². The molecular formula is C11H9F11O7S. The Labute approximate surface area is 159 Å². The zero-order valence-corrected chi connectivity index (χ0v) is 14.9. The van der Waals surface area contributed by atoms with Crippen molar-refractivity contribution in [2.45, 2.75) is 41.9 Å². The molecule has 178 valence electrons. The summed E-state index contributed by atoms with van der Waals surface area (Å²) in [5.74, 6) is -14.9. The van der Waals surface area contributed by atoms with Crippen LogP contribution < -0.4 is 0 Å². The van der Waals surface area contributed by atoms with Crippen LogP contribution in [-0.2, 0) is 34.0 Å². The van der Waals surface area contributed by atoms with Crippen molar-refractivity contribution in [3.8, 4) is 0 Å². The summed E-state index contributed by atoms with van der Waals surface area (Å²) < 4.78 is 179. The van der Waals surface area contributed by atoms with Crippen LogP contribution in [0.1, 0.15) is 6.92 Å². The predicted octanol–water partition coefficient (Wildman–Crippen LogP) is 2.66. The molecule has 30 heavy (non-hydrogen) atoms. The molecule has 0 aromatic heterocycles.